The Morgan fingerprint density at radius 1 is 0.933 bits per heavy atom. The van der Waals surface area contributed by atoms with Crippen LogP contribution in [0, 0.1) is 30.9 Å². The molecular formula is C35H33N3O7. The number of fused-ring (bicyclic) bond motifs is 2. The zero-order valence-corrected chi connectivity index (χ0v) is 25.7. The van der Waals surface area contributed by atoms with Crippen LogP contribution >= 0.6 is 0 Å². The number of non-ortho nitro benzene ring substituents is 1. The van der Waals surface area contributed by atoms with Crippen LogP contribution in [0.3, 0.4) is 0 Å². The van der Waals surface area contributed by atoms with Gasteiger partial charge in [-0.25, -0.2) is 4.79 Å². The van der Waals surface area contributed by atoms with E-state index in [-0.39, 0.29) is 30.5 Å². The van der Waals surface area contributed by atoms with Gasteiger partial charge in [0.2, 0.25) is 0 Å². The van der Waals surface area contributed by atoms with E-state index < -0.39 is 11.1 Å². The smallest absolute Gasteiger partial charge is 0.456 e. The summed E-state index contributed by atoms with van der Waals surface area (Å²) in [4.78, 5) is 42.4. The van der Waals surface area contributed by atoms with Crippen molar-refractivity contribution in [3.63, 3.8) is 0 Å². The summed E-state index contributed by atoms with van der Waals surface area (Å²) in [6.07, 6.45) is -0.980. The second-order valence-electron chi connectivity index (χ2n) is 10.7. The van der Waals surface area contributed by atoms with E-state index in [1.807, 2.05) is 51.1 Å². The molecule has 10 heteroatoms. The number of benzene rings is 4. The molecule has 0 unspecified atom stereocenters. The van der Waals surface area contributed by atoms with Crippen molar-refractivity contribution < 1.29 is 28.4 Å². The third-order valence-electron chi connectivity index (χ3n) is 7.65. The van der Waals surface area contributed by atoms with Gasteiger partial charge in [-0.1, -0.05) is 18.2 Å². The average molecular weight is 608 g/mol. The summed E-state index contributed by atoms with van der Waals surface area (Å²) in [5.41, 5.74) is 6.79. The van der Waals surface area contributed by atoms with Crippen molar-refractivity contribution in [2.45, 2.75) is 27.7 Å². The standard InChI is InChI=1S/C35H33N3O7/c1-6-36-30-20-32-29(18-23(30)4)33(28-17-21(2)22(3)19-31(28)45-32)26-9-7-8-10-27(26)34(39)37(5)15-16-43-35(40)44-25-13-11-24(12-14-25)38(41)42/h7-14,17-20H,6,15-16H2,1-5H3/b36-30+. The maximum absolute atomic E-state index is 13.9. The van der Waals surface area contributed by atoms with Gasteiger partial charge in [-0.05, 0) is 86.3 Å². The Morgan fingerprint density at radius 2 is 1.64 bits per heavy atom. The van der Waals surface area contributed by atoms with Crippen LogP contribution in [0.25, 0.3) is 33.4 Å². The highest BCUT2D eigenvalue weighted by Crippen LogP contribution is 2.42. The number of nitro groups is 1. The molecule has 0 N–H and O–H groups in total. The van der Waals surface area contributed by atoms with Crippen molar-refractivity contribution in [1.29, 1.82) is 0 Å². The van der Waals surface area contributed by atoms with Gasteiger partial charge >= 0.3 is 6.16 Å². The summed E-state index contributed by atoms with van der Waals surface area (Å²) >= 11 is 0. The van der Waals surface area contributed by atoms with Gasteiger partial charge in [0, 0.05) is 53.9 Å². The lowest BCUT2D eigenvalue weighted by molar-refractivity contribution is -0.384. The lowest BCUT2D eigenvalue weighted by Gasteiger charge is -2.22. The predicted octanol–water partition coefficient (Wildman–Crippen LogP) is 7.25. The normalized spacial score (nSPS) is 11.5. The van der Waals surface area contributed by atoms with E-state index in [9.17, 15) is 19.7 Å². The number of carbonyl (C=O) groups excluding carboxylic acids is 2. The lowest BCUT2D eigenvalue weighted by atomic mass is 9.88. The Hall–Kier alpha value is -5.51. The van der Waals surface area contributed by atoms with E-state index in [2.05, 4.69) is 24.0 Å². The van der Waals surface area contributed by atoms with Gasteiger partial charge in [0.15, 0.2) is 0 Å². The Kier molecular flexibility index (Phi) is 8.94. The maximum Gasteiger partial charge on any atom is 0.513 e. The van der Waals surface area contributed by atoms with Gasteiger partial charge in [-0.2, -0.15) is 0 Å². The Morgan fingerprint density at radius 3 is 2.36 bits per heavy atom. The molecule has 0 saturated heterocycles. The van der Waals surface area contributed by atoms with E-state index in [4.69, 9.17) is 13.9 Å². The minimum absolute atomic E-state index is 0.105. The molecule has 3 aromatic carbocycles. The van der Waals surface area contributed by atoms with E-state index in [0.717, 1.165) is 44.1 Å². The maximum atomic E-state index is 13.9. The minimum atomic E-state index is -0.980. The third-order valence-corrected chi connectivity index (χ3v) is 7.65. The zero-order chi connectivity index (χ0) is 32.2. The number of likely N-dealkylation sites (N-methyl/N-ethyl adjacent to an activating group) is 1. The summed E-state index contributed by atoms with van der Waals surface area (Å²) < 4.78 is 16.7. The molecule has 1 aliphatic carbocycles. The van der Waals surface area contributed by atoms with E-state index in [1.54, 1.807) is 13.1 Å². The molecule has 1 aliphatic heterocycles. The topological polar surface area (TPSA) is 124 Å². The number of amides is 1. The van der Waals surface area contributed by atoms with Crippen LogP contribution in [0.5, 0.6) is 5.75 Å². The second-order valence-corrected chi connectivity index (χ2v) is 10.7. The average Bonchev–Trinajstić information content (AvgIpc) is 3.01. The zero-order valence-electron chi connectivity index (χ0n) is 25.7. The molecule has 0 atom stereocenters. The predicted molar refractivity (Wildman–Crippen MR) is 171 cm³/mol. The highest BCUT2D eigenvalue weighted by Gasteiger charge is 2.24. The largest absolute Gasteiger partial charge is 0.513 e. The molecule has 3 aromatic rings. The number of carbonyl (C=O) groups is 2. The van der Waals surface area contributed by atoms with Crippen molar-refractivity contribution in [3.8, 4) is 28.2 Å². The monoisotopic (exact) mass is 607 g/mol. The second kappa shape index (κ2) is 13.0. The van der Waals surface area contributed by atoms with Gasteiger partial charge in [0.05, 0.1) is 16.8 Å². The number of rotatable bonds is 8. The molecule has 0 bridgehead atoms. The van der Waals surface area contributed by atoms with Gasteiger partial charge in [0.25, 0.3) is 11.6 Å². The van der Waals surface area contributed by atoms with Crippen molar-refractivity contribution in [1.82, 2.24) is 4.90 Å². The van der Waals surface area contributed by atoms with Crippen LogP contribution in [0.15, 0.2) is 82.2 Å². The molecule has 1 amide bonds. The van der Waals surface area contributed by atoms with Crippen LogP contribution in [0.1, 0.15) is 34.0 Å². The van der Waals surface area contributed by atoms with Gasteiger partial charge in [0.1, 0.15) is 23.7 Å². The SMILES string of the molecule is CC/N=c1\cc2oc3cc(C)c(C)cc3c(-c3ccccc3C(=O)N(C)CCOC(=O)Oc3ccc([N+](=O)[O-])cc3)c-2cc1C. The molecular weight excluding hydrogens is 574 g/mol. The first-order chi connectivity index (χ1) is 21.6. The molecule has 5 rings (SSSR count). The lowest BCUT2D eigenvalue weighted by Crippen LogP contribution is -2.31. The van der Waals surface area contributed by atoms with Crippen LogP contribution in [-0.2, 0) is 4.74 Å². The van der Waals surface area contributed by atoms with Gasteiger partial charge < -0.3 is 18.8 Å². The molecule has 0 radical (unpaired) electrons. The fourth-order valence-electron chi connectivity index (χ4n) is 5.14. The van der Waals surface area contributed by atoms with Gasteiger partial charge in [-0.3, -0.25) is 19.9 Å². The molecule has 0 fully saturated rings. The minimum Gasteiger partial charge on any atom is -0.456 e. The van der Waals surface area contributed by atoms with Crippen molar-refractivity contribution in [2.24, 2.45) is 4.99 Å². The van der Waals surface area contributed by atoms with Crippen molar-refractivity contribution in [2.75, 3.05) is 26.7 Å². The molecule has 0 saturated carbocycles. The van der Waals surface area contributed by atoms with Crippen LogP contribution in [0.4, 0.5) is 10.5 Å². The van der Waals surface area contributed by atoms with E-state index in [0.29, 0.717) is 23.5 Å². The van der Waals surface area contributed by atoms with Gasteiger partial charge in [-0.15, -0.1) is 0 Å². The molecule has 1 heterocycles. The molecule has 0 spiro atoms. The van der Waals surface area contributed by atoms with Crippen LogP contribution in [-0.4, -0.2) is 48.6 Å². The first kappa shape index (κ1) is 30.9. The molecule has 45 heavy (non-hydrogen) atoms. The van der Waals surface area contributed by atoms with E-state index >= 15 is 0 Å². The number of hydrogen-bond acceptors (Lipinski definition) is 8. The first-order valence-electron chi connectivity index (χ1n) is 14.5. The molecule has 230 valence electrons. The molecule has 0 aromatic heterocycles. The Bertz CT molecular complexity index is 1960. The third kappa shape index (κ3) is 6.54. The summed E-state index contributed by atoms with van der Waals surface area (Å²) in [5.74, 6) is 0.529. The fraction of sp³-hybridized carbons (Fsp3) is 0.229. The molecule has 10 nitrogen and oxygen atoms in total. The summed E-state index contributed by atoms with van der Waals surface area (Å²) in [5, 5.41) is 12.6. The highest BCUT2D eigenvalue weighted by molar-refractivity contribution is 6.09. The number of aryl methyl sites for hydroxylation is 3. The van der Waals surface area contributed by atoms with E-state index in [1.165, 1.54) is 29.2 Å². The van der Waals surface area contributed by atoms with Crippen LogP contribution < -0.4 is 10.1 Å². The Balaban J connectivity index is 1.44. The highest BCUT2D eigenvalue weighted by atomic mass is 16.7. The number of hydrogen-bond donors (Lipinski definition) is 0. The number of nitro benzene ring substituents is 1. The summed E-state index contributed by atoms with van der Waals surface area (Å²) in [6, 6.07) is 20.6. The Labute approximate surface area is 260 Å². The summed E-state index contributed by atoms with van der Waals surface area (Å²) in [7, 11) is 1.64. The summed E-state index contributed by atoms with van der Waals surface area (Å²) in [6.45, 7) is 8.73. The quantitative estimate of drug-likeness (QED) is 0.0598. The van der Waals surface area contributed by atoms with Crippen LogP contribution in [0.2, 0.25) is 0 Å². The molecule has 2 aliphatic rings. The van der Waals surface area contributed by atoms with Crippen molar-refractivity contribution >= 4 is 28.7 Å². The number of nitrogens with zero attached hydrogens (tertiary/aromatic N) is 3. The number of ether oxygens (including phenoxy) is 2. The first-order valence-corrected chi connectivity index (χ1v) is 14.5. The fourth-order valence-corrected chi connectivity index (χ4v) is 5.14. The van der Waals surface area contributed by atoms with Crippen molar-refractivity contribution in [3.05, 3.63) is 111 Å².